The number of likely N-dealkylation sites (tertiary alicyclic amines) is 1. The predicted octanol–water partition coefficient (Wildman–Crippen LogP) is 3.88. The molecule has 10 heteroatoms. The predicted molar refractivity (Wildman–Crippen MR) is 142 cm³/mol. The molecule has 8 nitrogen and oxygen atoms in total. The number of hydrogen-bond acceptors (Lipinski definition) is 5. The average molecular weight is 531 g/mol. The molecule has 1 aliphatic rings. The molecule has 0 bridgehead atoms. The Kier molecular flexibility index (Phi) is 8.52. The van der Waals surface area contributed by atoms with Crippen molar-refractivity contribution in [3.63, 3.8) is 0 Å². The highest BCUT2D eigenvalue weighted by Gasteiger charge is 2.33. The largest absolute Gasteiger partial charge is 0.496 e. The van der Waals surface area contributed by atoms with Gasteiger partial charge in [-0.05, 0) is 57.8 Å². The number of para-hydroxylation sites is 1. The lowest BCUT2D eigenvalue weighted by Crippen LogP contribution is -2.44. The van der Waals surface area contributed by atoms with Gasteiger partial charge in [-0.2, -0.15) is 0 Å². The first-order valence-corrected chi connectivity index (χ1v) is 12.9. The van der Waals surface area contributed by atoms with Crippen LogP contribution in [0.4, 0.5) is 8.78 Å². The van der Waals surface area contributed by atoms with Crippen molar-refractivity contribution in [1.82, 2.24) is 19.8 Å². The Hall–Kier alpha value is -3.24. The normalized spacial score (nSPS) is 15.2. The molecule has 1 saturated heterocycles. The number of nitrogens with zero attached hydrogens (tertiary/aromatic N) is 2. The third-order valence-corrected chi connectivity index (χ3v) is 7.29. The summed E-state index contributed by atoms with van der Waals surface area (Å²) in [6.45, 7) is 4.76. The maximum absolute atomic E-state index is 14.0. The van der Waals surface area contributed by atoms with Crippen LogP contribution in [0.2, 0.25) is 0 Å². The molecule has 1 fully saturated rings. The minimum absolute atomic E-state index is 0.0305. The Bertz CT molecular complexity index is 1340. The van der Waals surface area contributed by atoms with E-state index in [0.717, 1.165) is 29.4 Å². The fraction of sp³-hybridized carbons (Fsp3) is 0.500. The molecule has 0 unspecified atom stereocenters. The van der Waals surface area contributed by atoms with Crippen LogP contribution in [0.25, 0.3) is 10.9 Å². The van der Waals surface area contributed by atoms with E-state index < -0.39 is 12.5 Å². The van der Waals surface area contributed by atoms with Gasteiger partial charge in [-0.3, -0.25) is 14.5 Å². The van der Waals surface area contributed by atoms with Gasteiger partial charge in [0.2, 0.25) is 0 Å². The number of carbonyl (C=O) groups is 1. The number of nitrogens with one attached hydrogen (secondary N) is 2. The van der Waals surface area contributed by atoms with Crippen LogP contribution >= 0.6 is 0 Å². The highest BCUT2D eigenvalue weighted by Crippen LogP contribution is 2.30. The van der Waals surface area contributed by atoms with Gasteiger partial charge >= 0.3 is 0 Å². The molecule has 38 heavy (non-hydrogen) atoms. The van der Waals surface area contributed by atoms with E-state index in [-0.39, 0.29) is 24.6 Å². The summed E-state index contributed by atoms with van der Waals surface area (Å²) in [5.74, 6) is -2.39. The number of fused-ring (bicyclic) bond motifs is 1. The summed E-state index contributed by atoms with van der Waals surface area (Å²) >= 11 is 0. The number of aromatic amines is 1. The number of alkyl halides is 2. The number of piperidine rings is 1. The summed E-state index contributed by atoms with van der Waals surface area (Å²) < 4.78 is 40.1. The molecule has 2 N–H and O–H groups in total. The summed E-state index contributed by atoms with van der Waals surface area (Å²) in [6.07, 6.45) is 1.60. The summed E-state index contributed by atoms with van der Waals surface area (Å²) in [6, 6.07) is 9.48. The Balaban J connectivity index is 1.49. The topological polar surface area (TPSA) is 88.6 Å². The lowest BCUT2D eigenvalue weighted by atomic mass is 9.96. The van der Waals surface area contributed by atoms with Crippen molar-refractivity contribution in [1.29, 1.82) is 0 Å². The van der Waals surface area contributed by atoms with Gasteiger partial charge in [0, 0.05) is 35.9 Å². The zero-order chi connectivity index (χ0) is 27.4. The molecule has 0 aliphatic carbocycles. The Morgan fingerprint density at radius 2 is 1.89 bits per heavy atom. The van der Waals surface area contributed by atoms with Crippen molar-refractivity contribution < 1.29 is 23.0 Å². The van der Waals surface area contributed by atoms with Crippen LogP contribution in [0.1, 0.15) is 40.2 Å². The number of pyridine rings is 1. The van der Waals surface area contributed by atoms with E-state index in [0.29, 0.717) is 48.1 Å². The molecule has 0 atom stereocenters. The number of halogens is 2. The first kappa shape index (κ1) is 27.8. The van der Waals surface area contributed by atoms with Crippen LogP contribution in [0.15, 0.2) is 35.1 Å². The zero-order valence-corrected chi connectivity index (χ0v) is 22.4. The zero-order valence-electron chi connectivity index (χ0n) is 22.4. The molecule has 3 aromatic rings. The fourth-order valence-electron chi connectivity index (χ4n) is 5.41. The number of aryl methyl sites for hydroxylation is 1. The second kappa shape index (κ2) is 11.7. The van der Waals surface area contributed by atoms with Crippen LogP contribution < -0.4 is 15.6 Å². The summed E-state index contributed by atoms with van der Waals surface area (Å²) in [5.41, 5.74) is 3.09. The average Bonchev–Trinajstić information content (AvgIpc) is 3.15. The number of amides is 1. The van der Waals surface area contributed by atoms with Gasteiger partial charge in [-0.15, -0.1) is 0 Å². The molecule has 0 saturated carbocycles. The SMILES string of the molecule is COCC(F)(F)CN1CCC(Cn2c(C)c(C(=O)NCc3c(OC)cc(C)[nH]c3=O)c3ccccc32)CC1. The number of hydrogen-bond donors (Lipinski definition) is 2. The van der Waals surface area contributed by atoms with E-state index in [2.05, 4.69) is 19.6 Å². The Labute approximate surface area is 220 Å². The van der Waals surface area contributed by atoms with Gasteiger partial charge in [0.25, 0.3) is 17.4 Å². The van der Waals surface area contributed by atoms with E-state index in [1.807, 2.05) is 31.2 Å². The van der Waals surface area contributed by atoms with Crippen molar-refractivity contribution in [2.24, 2.45) is 5.92 Å². The smallest absolute Gasteiger partial charge is 0.283 e. The van der Waals surface area contributed by atoms with Crippen molar-refractivity contribution >= 4 is 16.8 Å². The lowest BCUT2D eigenvalue weighted by molar-refractivity contribution is -0.0880. The Morgan fingerprint density at radius 3 is 2.58 bits per heavy atom. The van der Waals surface area contributed by atoms with Crippen LogP contribution in [-0.4, -0.2) is 66.7 Å². The second-order valence-corrected chi connectivity index (χ2v) is 10.1. The number of ether oxygens (including phenoxy) is 2. The number of methoxy groups -OCH3 is 2. The first-order chi connectivity index (χ1) is 18.1. The van der Waals surface area contributed by atoms with Crippen LogP contribution in [0.5, 0.6) is 5.75 Å². The van der Waals surface area contributed by atoms with E-state index in [9.17, 15) is 18.4 Å². The molecule has 0 radical (unpaired) electrons. The molecule has 1 aromatic carbocycles. The second-order valence-electron chi connectivity index (χ2n) is 10.1. The number of carbonyl (C=O) groups excluding carboxylic acids is 1. The number of aromatic nitrogens is 2. The van der Waals surface area contributed by atoms with Crippen LogP contribution in [0, 0.1) is 19.8 Å². The molecule has 0 spiro atoms. The fourth-order valence-corrected chi connectivity index (χ4v) is 5.41. The quantitative estimate of drug-likeness (QED) is 0.416. The van der Waals surface area contributed by atoms with E-state index in [1.54, 1.807) is 17.9 Å². The molecular formula is C28H36F2N4O4. The highest BCUT2D eigenvalue weighted by atomic mass is 19.3. The monoisotopic (exact) mass is 530 g/mol. The first-order valence-electron chi connectivity index (χ1n) is 12.9. The molecule has 1 amide bonds. The lowest BCUT2D eigenvalue weighted by Gasteiger charge is -2.34. The summed E-state index contributed by atoms with van der Waals surface area (Å²) in [7, 11) is 2.78. The molecular weight excluding hydrogens is 494 g/mol. The van der Waals surface area contributed by atoms with E-state index >= 15 is 0 Å². The van der Waals surface area contributed by atoms with Gasteiger partial charge in [0.05, 0.1) is 31.3 Å². The van der Waals surface area contributed by atoms with Gasteiger partial charge < -0.3 is 24.3 Å². The number of H-pyrrole nitrogens is 1. The third kappa shape index (κ3) is 6.07. The molecule has 2 aromatic heterocycles. The van der Waals surface area contributed by atoms with Crippen molar-refractivity contribution in [3.8, 4) is 5.75 Å². The van der Waals surface area contributed by atoms with Gasteiger partial charge in [0.1, 0.15) is 12.4 Å². The maximum atomic E-state index is 14.0. The standard InChI is InChI=1S/C28H36F2N4O4/c1-18-13-24(38-4)22(26(35)32-18)14-31-27(36)25-19(2)34(23-8-6-5-7-21(23)25)15-20-9-11-33(12-10-20)16-28(29,30)17-37-3/h5-8,13,20H,9-12,14-17H2,1-4H3,(H,31,36)(H,32,35). The molecule has 1 aliphatic heterocycles. The minimum atomic E-state index is -2.86. The molecule has 4 rings (SSSR count). The molecule has 206 valence electrons. The molecule has 3 heterocycles. The summed E-state index contributed by atoms with van der Waals surface area (Å²) in [4.78, 5) is 30.4. The number of benzene rings is 1. The van der Waals surface area contributed by atoms with Crippen LogP contribution in [0.3, 0.4) is 0 Å². The maximum Gasteiger partial charge on any atom is 0.283 e. The number of rotatable bonds is 10. The minimum Gasteiger partial charge on any atom is -0.496 e. The van der Waals surface area contributed by atoms with Crippen molar-refractivity contribution in [2.45, 2.75) is 45.7 Å². The van der Waals surface area contributed by atoms with Gasteiger partial charge in [-0.25, -0.2) is 8.78 Å². The third-order valence-electron chi connectivity index (χ3n) is 7.29. The van der Waals surface area contributed by atoms with Crippen LogP contribution in [-0.2, 0) is 17.8 Å². The van der Waals surface area contributed by atoms with Crippen molar-refractivity contribution in [2.75, 3.05) is 40.5 Å². The van der Waals surface area contributed by atoms with E-state index in [4.69, 9.17) is 4.74 Å². The van der Waals surface area contributed by atoms with E-state index in [1.165, 1.54) is 14.2 Å². The summed E-state index contributed by atoms with van der Waals surface area (Å²) in [5, 5.41) is 3.73. The highest BCUT2D eigenvalue weighted by molar-refractivity contribution is 6.08. The van der Waals surface area contributed by atoms with Gasteiger partial charge in [0.15, 0.2) is 0 Å². The Morgan fingerprint density at radius 1 is 1.18 bits per heavy atom. The van der Waals surface area contributed by atoms with Gasteiger partial charge in [-0.1, -0.05) is 18.2 Å². The van der Waals surface area contributed by atoms with Crippen molar-refractivity contribution in [3.05, 3.63) is 63.2 Å².